The van der Waals surface area contributed by atoms with E-state index >= 15 is 0 Å². The fourth-order valence-electron chi connectivity index (χ4n) is 6.67. The standard InChI is InChI=1S/C23H32O4/c1-13(24)23(4)20-8-7-19-17(18(20)12-21(23)26)6-5-15-11-16(27-14(2)25)9-10-22(15,19)3/h5,16-17,19,21,26H,6-12H2,1-4H3/t16-,17-,19-,21-,22-,23-/m0/s1. The van der Waals surface area contributed by atoms with E-state index in [1.54, 1.807) is 6.92 Å². The average molecular weight is 373 g/mol. The minimum Gasteiger partial charge on any atom is -0.462 e. The topological polar surface area (TPSA) is 63.6 Å². The van der Waals surface area contributed by atoms with Crippen LogP contribution in [0.15, 0.2) is 22.8 Å². The van der Waals surface area contributed by atoms with Gasteiger partial charge in [-0.1, -0.05) is 29.7 Å². The van der Waals surface area contributed by atoms with Crippen LogP contribution in [0.5, 0.6) is 0 Å². The monoisotopic (exact) mass is 372 g/mol. The van der Waals surface area contributed by atoms with E-state index in [1.807, 2.05) is 6.92 Å². The maximum absolute atomic E-state index is 12.4. The summed E-state index contributed by atoms with van der Waals surface area (Å²) < 4.78 is 5.50. The Morgan fingerprint density at radius 3 is 2.59 bits per heavy atom. The Morgan fingerprint density at radius 2 is 1.93 bits per heavy atom. The molecule has 27 heavy (non-hydrogen) atoms. The summed E-state index contributed by atoms with van der Waals surface area (Å²) in [7, 11) is 0. The highest BCUT2D eigenvalue weighted by atomic mass is 16.5. The van der Waals surface area contributed by atoms with Crippen LogP contribution in [0, 0.1) is 22.7 Å². The number of carbonyl (C=O) groups is 2. The van der Waals surface area contributed by atoms with E-state index in [2.05, 4.69) is 13.0 Å². The summed E-state index contributed by atoms with van der Waals surface area (Å²) in [4.78, 5) is 23.7. The molecule has 4 rings (SSSR count). The average Bonchev–Trinajstić information content (AvgIpc) is 2.87. The van der Waals surface area contributed by atoms with Gasteiger partial charge in [-0.15, -0.1) is 0 Å². The van der Waals surface area contributed by atoms with Gasteiger partial charge in [-0.25, -0.2) is 0 Å². The predicted octanol–water partition coefficient (Wildman–Crippen LogP) is 4.12. The first kappa shape index (κ1) is 18.9. The van der Waals surface area contributed by atoms with Gasteiger partial charge in [0.25, 0.3) is 0 Å². The van der Waals surface area contributed by atoms with Crippen molar-refractivity contribution in [1.82, 2.24) is 0 Å². The summed E-state index contributed by atoms with van der Waals surface area (Å²) >= 11 is 0. The highest BCUT2D eigenvalue weighted by molar-refractivity contribution is 5.87. The molecule has 0 aromatic carbocycles. The Kier molecular flexibility index (Phi) is 4.41. The van der Waals surface area contributed by atoms with Crippen LogP contribution in [0.3, 0.4) is 0 Å². The van der Waals surface area contributed by atoms with Crippen LogP contribution < -0.4 is 0 Å². The van der Waals surface area contributed by atoms with E-state index < -0.39 is 11.5 Å². The van der Waals surface area contributed by atoms with Crippen LogP contribution in [-0.4, -0.2) is 29.1 Å². The van der Waals surface area contributed by atoms with Crippen molar-refractivity contribution in [3.63, 3.8) is 0 Å². The zero-order valence-corrected chi connectivity index (χ0v) is 17.0. The molecule has 0 aromatic heterocycles. The van der Waals surface area contributed by atoms with Crippen molar-refractivity contribution in [2.24, 2.45) is 22.7 Å². The molecule has 0 bridgehead atoms. The van der Waals surface area contributed by atoms with Crippen LogP contribution >= 0.6 is 0 Å². The van der Waals surface area contributed by atoms with Gasteiger partial charge in [-0.05, 0) is 69.6 Å². The number of fused-ring (bicyclic) bond motifs is 4. The molecule has 0 aromatic rings. The van der Waals surface area contributed by atoms with E-state index in [1.165, 1.54) is 23.6 Å². The van der Waals surface area contributed by atoms with Crippen molar-refractivity contribution < 1.29 is 19.4 Å². The molecule has 4 aliphatic rings. The lowest BCUT2D eigenvalue weighted by atomic mass is 9.52. The molecule has 0 saturated heterocycles. The van der Waals surface area contributed by atoms with E-state index in [9.17, 15) is 14.7 Å². The van der Waals surface area contributed by atoms with E-state index in [0.29, 0.717) is 18.3 Å². The third-order valence-corrected chi connectivity index (χ3v) is 8.40. The molecule has 148 valence electrons. The third-order valence-electron chi connectivity index (χ3n) is 8.40. The molecule has 4 nitrogen and oxygen atoms in total. The van der Waals surface area contributed by atoms with Crippen LogP contribution in [0.25, 0.3) is 0 Å². The number of Topliss-reactive ketones (excluding diaryl/α,β-unsaturated/α-hetero) is 1. The van der Waals surface area contributed by atoms with Crippen molar-refractivity contribution in [2.45, 2.75) is 84.8 Å². The van der Waals surface area contributed by atoms with E-state index in [4.69, 9.17) is 4.74 Å². The molecule has 0 heterocycles. The number of aliphatic hydroxyl groups is 1. The Morgan fingerprint density at radius 1 is 1.19 bits per heavy atom. The number of carbonyl (C=O) groups excluding carboxylic acids is 2. The molecule has 0 amide bonds. The minimum absolute atomic E-state index is 0.0195. The fourth-order valence-corrected chi connectivity index (χ4v) is 6.67. The van der Waals surface area contributed by atoms with Gasteiger partial charge >= 0.3 is 5.97 Å². The van der Waals surface area contributed by atoms with Gasteiger partial charge in [0.15, 0.2) is 0 Å². The summed E-state index contributed by atoms with van der Waals surface area (Å²) in [6.45, 7) is 7.45. The summed E-state index contributed by atoms with van der Waals surface area (Å²) in [5, 5.41) is 10.7. The van der Waals surface area contributed by atoms with Gasteiger partial charge in [0.05, 0.1) is 11.5 Å². The van der Waals surface area contributed by atoms with Crippen LogP contribution in [-0.2, 0) is 14.3 Å². The molecular weight excluding hydrogens is 340 g/mol. The predicted molar refractivity (Wildman–Crippen MR) is 103 cm³/mol. The van der Waals surface area contributed by atoms with Crippen molar-refractivity contribution >= 4 is 11.8 Å². The van der Waals surface area contributed by atoms with Crippen molar-refractivity contribution in [3.05, 3.63) is 22.8 Å². The third kappa shape index (κ3) is 2.66. The van der Waals surface area contributed by atoms with Crippen molar-refractivity contribution in [3.8, 4) is 0 Å². The smallest absolute Gasteiger partial charge is 0.302 e. The van der Waals surface area contributed by atoms with Gasteiger partial charge in [-0.3, -0.25) is 9.59 Å². The van der Waals surface area contributed by atoms with Crippen LogP contribution in [0.2, 0.25) is 0 Å². The van der Waals surface area contributed by atoms with Gasteiger partial charge < -0.3 is 9.84 Å². The molecule has 1 N–H and O–H groups in total. The quantitative estimate of drug-likeness (QED) is 0.585. The zero-order chi connectivity index (χ0) is 19.6. The molecule has 1 fully saturated rings. The molecule has 0 aliphatic heterocycles. The first-order valence-corrected chi connectivity index (χ1v) is 10.5. The lowest BCUT2D eigenvalue weighted by Gasteiger charge is -2.53. The second kappa shape index (κ2) is 6.30. The van der Waals surface area contributed by atoms with Gasteiger partial charge in [0, 0.05) is 13.3 Å². The second-order valence-corrected chi connectivity index (χ2v) is 9.59. The summed E-state index contributed by atoms with van der Waals surface area (Å²) in [6.07, 6.45) is 8.32. The van der Waals surface area contributed by atoms with Crippen LogP contribution in [0.4, 0.5) is 0 Å². The first-order chi connectivity index (χ1) is 12.7. The maximum atomic E-state index is 12.4. The Hall–Kier alpha value is -1.42. The number of esters is 1. The highest BCUT2D eigenvalue weighted by Gasteiger charge is 2.55. The van der Waals surface area contributed by atoms with Gasteiger partial charge in [0.1, 0.15) is 11.9 Å². The summed E-state index contributed by atoms with van der Waals surface area (Å²) in [6, 6.07) is 0. The minimum atomic E-state index is -0.682. The highest BCUT2D eigenvalue weighted by Crippen LogP contribution is 2.62. The van der Waals surface area contributed by atoms with Gasteiger partial charge in [0.2, 0.25) is 0 Å². The molecule has 1 saturated carbocycles. The number of allylic oxidation sites excluding steroid dienone is 1. The van der Waals surface area contributed by atoms with Gasteiger partial charge in [-0.2, -0.15) is 0 Å². The second-order valence-electron chi connectivity index (χ2n) is 9.59. The molecule has 4 heteroatoms. The Bertz CT molecular complexity index is 747. The molecule has 0 radical (unpaired) electrons. The number of ether oxygens (including phenoxy) is 1. The Balaban J connectivity index is 1.65. The number of ketones is 1. The number of rotatable bonds is 2. The Labute approximate surface area is 162 Å². The normalized spacial score (nSPS) is 43.4. The number of hydrogen-bond acceptors (Lipinski definition) is 4. The van der Waals surface area contributed by atoms with E-state index in [0.717, 1.165) is 38.5 Å². The largest absolute Gasteiger partial charge is 0.462 e. The maximum Gasteiger partial charge on any atom is 0.302 e. The first-order valence-electron chi connectivity index (χ1n) is 10.5. The SMILES string of the molecule is CC(=O)O[C@H]1CC[C@@]2(C)C(=CC[C@H]3C4=C(CC[C@@H]32)[C@](C)(C(C)=O)[C@@H](O)C4)C1. The lowest BCUT2D eigenvalue weighted by molar-refractivity contribution is -0.148. The molecular formula is C23H32O4. The summed E-state index contributed by atoms with van der Waals surface area (Å²) in [5.41, 5.74) is 3.53. The molecule has 4 aliphatic carbocycles. The van der Waals surface area contributed by atoms with Crippen LogP contribution in [0.1, 0.15) is 72.6 Å². The van der Waals surface area contributed by atoms with Crippen molar-refractivity contribution in [2.75, 3.05) is 0 Å². The zero-order valence-electron chi connectivity index (χ0n) is 17.0. The lowest BCUT2D eigenvalue weighted by Crippen LogP contribution is -2.45. The summed E-state index contributed by atoms with van der Waals surface area (Å²) in [5.74, 6) is 0.923. The number of aliphatic hydroxyl groups excluding tert-OH is 1. The van der Waals surface area contributed by atoms with Crippen molar-refractivity contribution in [1.29, 1.82) is 0 Å². The molecule has 6 atom stereocenters. The molecule has 0 unspecified atom stereocenters. The fraction of sp³-hybridized carbons (Fsp3) is 0.739. The molecule has 0 spiro atoms. The number of hydrogen-bond donors (Lipinski definition) is 1. The van der Waals surface area contributed by atoms with E-state index in [-0.39, 0.29) is 23.3 Å².